The van der Waals surface area contributed by atoms with Gasteiger partial charge in [0, 0.05) is 24.7 Å². The number of alkyl halides is 3. The van der Waals surface area contributed by atoms with Crippen molar-refractivity contribution in [1.29, 1.82) is 0 Å². The Bertz CT molecular complexity index is 1050. The van der Waals surface area contributed by atoms with E-state index in [9.17, 15) is 18.0 Å². The number of nitrogens with two attached hydrogens (primary N) is 1. The van der Waals surface area contributed by atoms with Crippen molar-refractivity contribution in [3.05, 3.63) is 59.2 Å². The van der Waals surface area contributed by atoms with E-state index in [0.717, 1.165) is 31.1 Å². The molecule has 3 N–H and O–H groups in total. The summed E-state index contributed by atoms with van der Waals surface area (Å²) in [6, 6.07) is 15.1. The van der Waals surface area contributed by atoms with E-state index in [1.165, 1.54) is 42.4 Å². The van der Waals surface area contributed by atoms with Crippen molar-refractivity contribution in [2.45, 2.75) is 64.7 Å². The summed E-state index contributed by atoms with van der Waals surface area (Å²) in [4.78, 5) is 23.1. The molecule has 1 fully saturated rings. The Balaban J connectivity index is 0.000000406. The number of halogens is 3. The van der Waals surface area contributed by atoms with Crippen LogP contribution in [0.1, 0.15) is 61.0 Å². The van der Waals surface area contributed by atoms with E-state index in [-0.39, 0.29) is 5.91 Å². The van der Waals surface area contributed by atoms with Crippen LogP contribution < -0.4 is 5.73 Å². The molecule has 1 saturated carbocycles. The molecule has 2 aliphatic rings. The number of hydrogen-bond acceptors (Lipinski definition) is 3. The van der Waals surface area contributed by atoms with E-state index in [4.69, 9.17) is 15.6 Å². The van der Waals surface area contributed by atoms with Crippen molar-refractivity contribution in [2.24, 2.45) is 11.1 Å². The first-order chi connectivity index (χ1) is 15.9. The molecule has 184 valence electrons. The average Bonchev–Trinajstić information content (AvgIpc) is 2.77. The fourth-order valence-electron chi connectivity index (χ4n) is 4.89. The van der Waals surface area contributed by atoms with Crippen LogP contribution in [0.3, 0.4) is 0 Å². The number of aliphatic carboxylic acids is 1. The monoisotopic (exact) mass is 476 g/mol. The molecular formula is C26H31F3N2O3. The summed E-state index contributed by atoms with van der Waals surface area (Å²) in [5.74, 6) is -3.13. The van der Waals surface area contributed by atoms with Crippen molar-refractivity contribution in [3.63, 3.8) is 0 Å². The molecule has 4 rings (SSSR count). The van der Waals surface area contributed by atoms with E-state index in [0.29, 0.717) is 11.0 Å². The normalized spacial score (nSPS) is 20.0. The second-order valence-electron chi connectivity index (χ2n) is 9.87. The summed E-state index contributed by atoms with van der Waals surface area (Å²) in [6.07, 6.45) is 1.41. The number of carboxylic acid groups (broad SMARTS) is 1. The standard InChI is InChI=1S/C24H30N2O.C2HF3O2/c1-24(2)11-4-7-22(15-24)26-12-10-19-13-18(8-9-21(19)16-26)17-5-3-6-20(14-17)23(25)27;3-2(4,5)1(6)7/h3,5-6,8-9,13-14,22H,4,7,10-12,15-16H2,1-2H3,(H2,25,27);(H,6,7). The summed E-state index contributed by atoms with van der Waals surface area (Å²) in [6.45, 7) is 7.06. The molecule has 1 aliphatic carbocycles. The predicted molar refractivity (Wildman–Crippen MR) is 124 cm³/mol. The Morgan fingerprint density at radius 2 is 1.76 bits per heavy atom. The highest BCUT2D eigenvalue weighted by Crippen LogP contribution is 2.39. The highest BCUT2D eigenvalue weighted by atomic mass is 19.4. The van der Waals surface area contributed by atoms with Gasteiger partial charge in [-0.05, 0) is 65.5 Å². The van der Waals surface area contributed by atoms with Gasteiger partial charge in [-0.2, -0.15) is 13.2 Å². The lowest BCUT2D eigenvalue weighted by Gasteiger charge is -2.43. The molecule has 0 spiro atoms. The van der Waals surface area contributed by atoms with Gasteiger partial charge < -0.3 is 10.8 Å². The third-order valence-electron chi connectivity index (χ3n) is 6.67. The van der Waals surface area contributed by atoms with Crippen LogP contribution in [0.4, 0.5) is 13.2 Å². The average molecular weight is 477 g/mol. The molecule has 34 heavy (non-hydrogen) atoms. The first kappa shape index (κ1) is 25.7. The molecule has 5 nitrogen and oxygen atoms in total. The molecule has 0 saturated heterocycles. The zero-order valence-electron chi connectivity index (χ0n) is 19.5. The third kappa shape index (κ3) is 6.59. The first-order valence-electron chi connectivity index (χ1n) is 11.4. The van der Waals surface area contributed by atoms with Gasteiger partial charge in [0.1, 0.15) is 0 Å². The summed E-state index contributed by atoms with van der Waals surface area (Å²) in [7, 11) is 0. The largest absolute Gasteiger partial charge is 0.490 e. The lowest BCUT2D eigenvalue weighted by Crippen LogP contribution is -2.43. The number of amides is 1. The van der Waals surface area contributed by atoms with E-state index < -0.39 is 12.1 Å². The Kier molecular flexibility index (Phi) is 7.70. The highest BCUT2D eigenvalue weighted by Gasteiger charge is 2.38. The van der Waals surface area contributed by atoms with Crippen LogP contribution >= 0.6 is 0 Å². The smallest absolute Gasteiger partial charge is 0.475 e. The van der Waals surface area contributed by atoms with Crippen molar-refractivity contribution in [3.8, 4) is 11.1 Å². The van der Waals surface area contributed by atoms with Crippen molar-refractivity contribution in [2.75, 3.05) is 6.54 Å². The minimum atomic E-state index is -5.08. The zero-order valence-corrected chi connectivity index (χ0v) is 19.5. The van der Waals surface area contributed by atoms with Gasteiger partial charge in [0.25, 0.3) is 0 Å². The zero-order chi connectivity index (χ0) is 25.1. The predicted octanol–water partition coefficient (Wildman–Crippen LogP) is 5.41. The molecule has 0 bridgehead atoms. The number of carboxylic acids is 1. The molecule has 1 aliphatic heterocycles. The quantitative estimate of drug-likeness (QED) is 0.620. The molecule has 1 unspecified atom stereocenters. The molecular weight excluding hydrogens is 445 g/mol. The molecule has 1 atom stereocenters. The number of nitrogens with zero attached hydrogens (tertiary/aromatic N) is 1. The fraction of sp³-hybridized carbons (Fsp3) is 0.462. The first-order valence-corrected chi connectivity index (χ1v) is 11.4. The van der Waals surface area contributed by atoms with Crippen molar-refractivity contribution >= 4 is 11.9 Å². The lowest BCUT2D eigenvalue weighted by atomic mass is 9.74. The minimum Gasteiger partial charge on any atom is -0.475 e. The van der Waals surface area contributed by atoms with Gasteiger partial charge in [0.15, 0.2) is 0 Å². The molecule has 2 aromatic rings. The van der Waals surface area contributed by atoms with E-state index >= 15 is 0 Å². The minimum absolute atomic E-state index is 0.374. The molecule has 2 aromatic carbocycles. The number of carbonyl (C=O) groups is 2. The van der Waals surface area contributed by atoms with Crippen molar-refractivity contribution < 1.29 is 27.9 Å². The highest BCUT2D eigenvalue weighted by molar-refractivity contribution is 5.94. The van der Waals surface area contributed by atoms with Gasteiger partial charge in [-0.3, -0.25) is 9.69 Å². The lowest BCUT2D eigenvalue weighted by molar-refractivity contribution is -0.192. The van der Waals surface area contributed by atoms with E-state index in [2.05, 4.69) is 36.9 Å². The second-order valence-corrected chi connectivity index (χ2v) is 9.87. The fourth-order valence-corrected chi connectivity index (χ4v) is 4.89. The van der Waals surface area contributed by atoms with Gasteiger partial charge in [0.05, 0.1) is 0 Å². The maximum Gasteiger partial charge on any atom is 0.490 e. The van der Waals surface area contributed by atoms with Crippen LogP contribution in [0.2, 0.25) is 0 Å². The molecule has 8 heteroatoms. The van der Waals surface area contributed by atoms with Crippen LogP contribution in [0, 0.1) is 5.41 Å². The van der Waals surface area contributed by atoms with Gasteiger partial charge in [-0.25, -0.2) is 4.79 Å². The maximum atomic E-state index is 11.5. The number of hydrogen-bond donors (Lipinski definition) is 2. The van der Waals surface area contributed by atoms with Gasteiger partial charge >= 0.3 is 12.1 Å². The van der Waals surface area contributed by atoms with Crippen LogP contribution in [0.15, 0.2) is 42.5 Å². The van der Waals surface area contributed by atoms with Crippen LogP contribution in [-0.4, -0.2) is 40.6 Å². The Morgan fingerprint density at radius 3 is 2.38 bits per heavy atom. The summed E-state index contributed by atoms with van der Waals surface area (Å²) in [5, 5.41) is 7.12. The summed E-state index contributed by atoms with van der Waals surface area (Å²) < 4.78 is 31.7. The number of benzene rings is 2. The Labute approximate surface area is 197 Å². The Morgan fingerprint density at radius 1 is 1.09 bits per heavy atom. The Hall–Kier alpha value is -2.87. The van der Waals surface area contributed by atoms with E-state index in [1.54, 1.807) is 6.07 Å². The van der Waals surface area contributed by atoms with E-state index in [1.807, 2.05) is 18.2 Å². The summed E-state index contributed by atoms with van der Waals surface area (Å²) >= 11 is 0. The van der Waals surface area contributed by atoms with Gasteiger partial charge in [-0.15, -0.1) is 0 Å². The topological polar surface area (TPSA) is 83.6 Å². The summed E-state index contributed by atoms with van der Waals surface area (Å²) in [5.41, 5.74) is 11.6. The number of rotatable bonds is 3. The van der Waals surface area contributed by atoms with Crippen molar-refractivity contribution in [1.82, 2.24) is 4.90 Å². The second kappa shape index (κ2) is 10.2. The molecule has 0 radical (unpaired) electrons. The number of carbonyl (C=O) groups excluding carboxylic acids is 1. The number of fused-ring (bicyclic) bond motifs is 1. The van der Waals surface area contributed by atoms with Gasteiger partial charge in [0.2, 0.25) is 5.91 Å². The third-order valence-corrected chi connectivity index (χ3v) is 6.67. The van der Waals surface area contributed by atoms with Crippen LogP contribution in [-0.2, 0) is 17.8 Å². The number of primary amides is 1. The molecule has 0 aromatic heterocycles. The SMILES string of the molecule is CC1(C)CCCC(N2CCc3cc(-c4cccc(C(N)=O)c4)ccc3C2)C1.O=C(O)C(F)(F)F. The molecule has 1 amide bonds. The maximum absolute atomic E-state index is 11.5. The van der Waals surface area contributed by atoms with Crippen LogP contribution in [0.5, 0.6) is 0 Å². The van der Waals surface area contributed by atoms with Gasteiger partial charge in [-0.1, -0.05) is 50.6 Å². The molecule has 1 heterocycles. The van der Waals surface area contributed by atoms with Crippen LogP contribution in [0.25, 0.3) is 11.1 Å².